The van der Waals surface area contributed by atoms with E-state index in [1.165, 1.54) is 11.1 Å². The fourth-order valence-electron chi connectivity index (χ4n) is 2.26. The zero-order valence-corrected chi connectivity index (χ0v) is 11.1. The van der Waals surface area contributed by atoms with Gasteiger partial charge in [0, 0.05) is 0 Å². The van der Waals surface area contributed by atoms with E-state index < -0.39 is 0 Å². The van der Waals surface area contributed by atoms with Crippen LogP contribution in [0.1, 0.15) is 31.4 Å². The quantitative estimate of drug-likeness (QED) is 0.867. The Balaban J connectivity index is 2.19. The summed E-state index contributed by atoms with van der Waals surface area (Å²) in [6, 6.07) is 8.48. The third-order valence-corrected chi connectivity index (χ3v) is 3.19. The maximum atomic E-state index is 5.45. The second-order valence-corrected chi connectivity index (χ2v) is 4.43. The highest BCUT2D eigenvalue weighted by Gasteiger charge is 2.18. The van der Waals surface area contributed by atoms with Crippen LogP contribution in [0, 0.1) is 0 Å². The fourth-order valence-corrected chi connectivity index (χ4v) is 2.26. The van der Waals surface area contributed by atoms with Crippen molar-refractivity contribution in [2.45, 2.75) is 25.8 Å². The van der Waals surface area contributed by atoms with Gasteiger partial charge >= 0.3 is 0 Å². The molecule has 0 saturated carbocycles. The summed E-state index contributed by atoms with van der Waals surface area (Å²) in [6.45, 7) is 3.90. The van der Waals surface area contributed by atoms with Crippen LogP contribution >= 0.6 is 0 Å². The van der Waals surface area contributed by atoms with Crippen molar-refractivity contribution in [3.8, 4) is 5.75 Å². The predicted octanol–water partition coefficient (Wildman–Crippen LogP) is 3.04. The molecule has 98 valence electrons. The minimum absolute atomic E-state index is 0.251. The van der Waals surface area contributed by atoms with Gasteiger partial charge < -0.3 is 14.8 Å². The largest absolute Gasteiger partial charge is 0.501 e. The lowest BCUT2D eigenvalue weighted by Gasteiger charge is -2.24. The molecule has 0 fully saturated rings. The van der Waals surface area contributed by atoms with E-state index in [1.807, 2.05) is 18.4 Å². The first-order chi connectivity index (χ1) is 8.85. The molecule has 0 radical (unpaired) electrons. The molecule has 0 aliphatic carbocycles. The van der Waals surface area contributed by atoms with E-state index in [2.05, 4.69) is 24.4 Å². The van der Waals surface area contributed by atoms with Gasteiger partial charge in [0.2, 0.25) is 0 Å². The predicted molar refractivity (Wildman–Crippen MR) is 72.7 cm³/mol. The molecule has 0 aromatic heterocycles. The van der Waals surface area contributed by atoms with Crippen molar-refractivity contribution in [3.05, 3.63) is 41.7 Å². The number of hydrogen-bond acceptors (Lipinski definition) is 3. The third kappa shape index (κ3) is 3.05. The zero-order valence-electron chi connectivity index (χ0n) is 11.1. The van der Waals surface area contributed by atoms with Crippen LogP contribution in [0.4, 0.5) is 0 Å². The van der Waals surface area contributed by atoms with Crippen LogP contribution in [0.25, 0.3) is 0 Å². The first-order valence-corrected chi connectivity index (χ1v) is 6.53. The van der Waals surface area contributed by atoms with Gasteiger partial charge in [-0.05, 0) is 42.7 Å². The second-order valence-electron chi connectivity index (χ2n) is 4.43. The number of benzene rings is 1. The van der Waals surface area contributed by atoms with Gasteiger partial charge in [-0.3, -0.25) is 0 Å². The van der Waals surface area contributed by atoms with Gasteiger partial charge in [-0.15, -0.1) is 0 Å². The molecular formula is C15H21NO2. The molecule has 1 aliphatic rings. The number of hydrogen-bond donors (Lipinski definition) is 1. The van der Waals surface area contributed by atoms with E-state index in [4.69, 9.17) is 9.47 Å². The first kappa shape index (κ1) is 13.0. The van der Waals surface area contributed by atoms with Crippen molar-refractivity contribution in [1.29, 1.82) is 0 Å². The molecule has 1 aromatic rings. The van der Waals surface area contributed by atoms with Gasteiger partial charge in [0.25, 0.3) is 0 Å². The van der Waals surface area contributed by atoms with Crippen molar-refractivity contribution >= 4 is 0 Å². The topological polar surface area (TPSA) is 30.5 Å². The summed E-state index contributed by atoms with van der Waals surface area (Å²) in [5, 5.41) is 3.52. The molecule has 1 atom stereocenters. The standard InChI is InChI=1S/C15H21NO2/c1-3-16-15(13-5-4-10-18-11-13)12-6-8-14(17-2)9-7-12/h6-9,11,15-16H,3-5,10H2,1-2H3. The highest BCUT2D eigenvalue weighted by Crippen LogP contribution is 2.28. The molecule has 0 saturated heterocycles. The minimum atomic E-state index is 0.251. The van der Waals surface area contributed by atoms with Crippen LogP contribution in [0.2, 0.25) is 0 Å². The van der Waals surface area contributed by atoms with Crippen LogP contribution in [0.15, 0.2) is 36.1 Å². The first-order valence-electron chi connectivity index (χ1n) is 6.53. The Labute approximate surface area is 109 Å². The number of rotatable bonds is 5. The van der Waals surface area contributed by atoms with Crippen molar-refractivity contribution in [2.75, 3.05) is 20.3 Å². The van der Waals surface area contributed by atoms with Gasteiger partial charge in [0.1, 0.15) is 5.75 Å². The molecule has 18 heavy (non-hydrogen) atoms. The van der Waals surface area contributed by atoms with Gasteiger partial charge in [-0.1, -0.05) is 19.1 Å². The fraction of sp³-hybridized carbons (Fsp3) is 0.467. The smallest absolute Gasteiger partial charge is 0.118 e. The molecule has 2 rings (SSSR count). The summed E-state index contributed by atoms with van der Waals surface area (Å²) in [7, 11) is 1.69. The highest BCUT2D eigenvalue weighted by molar-refractivity contribution is 5.33. The van der Waals surface area contributed by atoms with Crippen LogP contribution in [0.3, 0.4) is 0 Å². The van der Waals surface area contributed by atoms with Crippen LogP contribution in [-0.2, 0) is 4.74 Å². The molecule has 1 heterocycles. The molecular weight excluding hydrogens is 226 g/mol. The number of methoxy groups -OCH3 is 1. The maximum absolute atomic E-state index is 5.45. The Bertz CT molecular complexity index is 397. The van der Waals surface area contributed by atoms with Crippen LogP contribution in [-0.4, -0.2) is 20.3 Å². The lowest BCUT2D eigenvalue weighted by molar-refractivity contribution is 0.219. The second kappa shape index (κ2) is 6.45. The Hall–Kier alpha value is -1.48. The number of ether oxygens (including phenoxy) is 2. The lowest BCUT2D eigenvalue weighted by atomic mass is 9.95. The molecule has 0 amide bonds. The van der Waals surface area contributed by atoms with Crippen molar-refractivity contribution in [1.82, 2.24) is 5.32 Å². The van der Waals surface area contributed by atoms with Crippen molar-refractivity contribution in [3.63, 3.8) is 0 Å². The Morgan fingerprint density at radius 2 is 2.11 bits per heavy atom. The highest BCUT2D eigenvalue weighted by atomic mass is 16.5. The number of likely N-dealkylation sites (N-methyl/N-ethyl adjacent to an activating group) is 1. The molecule has 1 unspecified atom stereocenters. The molecule has 3 nitrogen and oxygen atoms in total. The summed E-state index contributed by atoms with van der Waals surface area (Å²) in [5.74, 6) is 0.892. The molecule has 1 aromatic carbocycles. The SMILES string of the molecule is CCNC(C1=COCCC1)c1ccc(OC)cc1. The molecule has 0 spiro atoms. The normalized spacial score (nSPS) is 16.7. The summed E-state index contributed by atoms with van der Waals surface area (Å²) in [6.07, 6.45) is 4.12. The van der Waals surface area contributed by atoms with Gasteiger partial charge in [-0.2, -0.15) is 0 Å². The van der Waals surface area contributed by atoms with Crippen LogP contribution < -0.4 is 10.1 Å². The summed E-state index contributed by atoms with van der Waals surface area (Å²) >= 11 is 0. The zero-order chi connectivity index (χ0) is 12.8. The third-order valence-electron chi connectivity index (χ3n) is 3.19. The monoisotopic (exact) mass is 247 g/mol. The average Bonchev–Trinajstić information content (AvgIpc) is 2.46. The lowest BCUT2D eigenvalue weighted by Crippen LogP contribution is -2.24. The van der Waals surface area contributed by atoms with E-state index in [1.54, 1.807) is 7.11 Å². The van der Waals surface area contributed by atoms with Crippen LogP contribution in [0.5, 0.6) is 5.75 Å². The molecule has 1 N–H and O–H groups in total. The van der Waals surface area contributed by atoms with Crippen molar-refractivity contribution in [2.24, 2.45) is 0 Å². The molecule has 0 bridgehead atoms. The van der Waals surface area contributed by atoms with E-state index in [-0.39, 0.29) is 6.04 Å². The van der Waals surface area contributed by atoms with Gasteiger partial charge in [0.15, 0.2) is 0 Å². The Morgan fingerprint density at radius 3 is 2.67 bits per heavy atom. The summed E-state index contributed by atoms with van der Waals surface area (Å²) in [4.78, 5) is 0. The Kier molecular flexibility index (Phi) is 4.65. The molecule has 3 heteroatoms. The van der Waals surface area contributed by atoms with E-state index in [0.717, 1.165) is 31.7 Å². The number of nitrogens with one attached hydrogen (secondary N) is 1. The average molecular weight is 247 g/mol. The Morgan fingerprint density at radius 1 is 1.33 bits per heavy atom. The van der Waals surface area contributed by atoms with Crippen molar-refractivity contribution < 1.29 is 9.47 Å². The summed E-state index contributed by atoms with van der Waals surface area (Å²) < 4.78 is 10.6. The van der Waals surface area contributed by atoms with E-state index >= 15 is 0 Å². The van der Waals surface area contributed by atoms with Gasteiger partial charge in [0.05, 0.1) is 26.0 Å². The maximum Gasteiger partial charge on any atom is 0.118 e. The van der Waals surface area contributed by atoms with E-state index in [9.17, 15) is 0 Å². The summed E-state index contributed by atoms with van der Waals surface area (Å²) in [5.41, 5.74) is 2.59. The van der Waals surface area contributed by atoms with E-state index in [0.29, 0.717) is 0 Å². The molecule has 1 aliphatic heterocycles. The minimum Gasteiger partial charge on any atom is -0.501 e. The van der Waals surface area contributed by atoms with Gasteiger partial charge in [-0.25, -0.2) is 0 Å².